The molecule has 3 aromatic carbocycles. The summed E-state index contributed by atoms with van der Waals surface area (Å²) < 4.78 is 2.51. The predicted octanol–water partition coefficient (Wildman–Crippen LogP) is 9.73. The first kappa shape index (κ1) is 30.0. The van der Waals surface area contributed by atoms with Crippen LogP contribution in [0, 0.1) is 0 Å². The number of aromatic nitrogens is 4. The van der Waals surface area contributed by atoms with Gasteiger partial charge in [0, 0.05) is 54.2 Å². The van der Waals surface area contributed by atoms with Crippen LogP contribution in [0.2, 0.25) is 0 Å². The number of hydrogen-bond acceptors (Lipinski definition) is 5. The molecule has 7 aromatic rings. The van der Waals surface area contributed by atoms with E-state index in [0.29, 0.717) is 0 Å². The van der Waals surface area contributed by atoms with Gasteiger partial charge in [0.15, 0.2) is 0 Å². The summed E-state index contributed by atoms with van der Waals surface area (Å²) in [5, 5.41) is 6.37. The van der Waals surface area contributed by atoms with E-state index in [9.17, 15) is 0 Å². The van der Waals surface area contributed by atoms with Crippen molar-refractivity contribution >= 4 is 44.7 Å². The molecule has 0 radical (unpaired) electrons. The number of allylic oxidation sites excluding steroid dienone is 4. The molecule has 1 N–H and O–H groups in total. The summed E-state index contributed by atoms with van der Waals surface area (Å²) in [4.78, 5) is 16.1. The largest absolute Gasteiger partial charge is 0.368 e. The first-order chi connectivity index (χ1) is 26.8. The maximum absolute atomic E-state index is 4.97. The van der Waals surface area contributed by atoms with E-state index < -0.39 is 0 Å². The van der Waals surface area contributed by atoms with Gasteiger partial charge in [-0.05, 0) is 148 Å². The van der Waals surface area contributed by atoms with Crippen molar-refractivity contribution in [3.63, 3.8) is 0 Å². The van der Waals surface area contributed by atoms with E-state index in [1.165, 1.54) is 88.7 Å². The molecule has 6 heteroatoms. The number of benzene rings is 3. The van der Waals surface area contributed by atoms with E-state index in [4.69, 9.17) is 4.98 Å². The van der Waals surface area contributed by atoms with E-state index >= 15 is 0 Å². The summed E-state index contributed by atoms with van der Waals surface area (Å²) in [6.07, 6.45) is 27.3. The Hall–Kier alpha value is -6.53. The Kier molecular flexibility index (Phi) is 6.38. The summed E-state index contributed by atoms with van der Waals surface area (Å²) in [6, 6.07) is 27.0. The molecule has 6 nitrogen and oxygen atoms in total. The number of rotatable bonds is 4. The highest BCUT2D eigenvalue weighted by atomic mass is 15.2. The third-order valence-corrected chi connectivity index (χ3v) is 12.3. The van der Waals surface area contributed by atoms with Gasteiger partial charge in [0.05, 0.1) is 22.8 Å². The highest BCUT2D eigenvalue weighted by molar-refractivity contribution is 6.14. The Morgan fingerprint density at radius 2 is 1.50 bits per heavy atom. The number of nitrogens with one attached hydrogen (secondary N) is 1. The van der Waals surface area contributed by atoms with Crippen LogP contribution in [-0.2, 0) is 25.7 Å². The van der Waals surface area contributed by atoms with Crippen molar-refractivity contribution in [3.8, 4) is 22.3 Å². The van der Waals surface area contributed by atoms with E-state index in [2.05, 4.69) is 128 Å². The Labute approximate surface area is 313 Å². The number of fused-ring (bicyclic) bond motifs is 8. The van der Waals surface area contributed by atoms with Crippen molar-refractivity contribution in [3.05, 3.63) is 174 Å². The smallest absolute Gasteiger partial charge is 0.133 e. The number of pyridine rings is 3. The number of nitrogens with zero attached hydrogens (tertiary/aromatic N) is 5. The molecule has 0 saturated carbocycles. The zero-order valence-corrected chi connectivity index (χ0v) is 29.7. The molecule has 2 unspecified atom stereocenters. The summed E-state index contributed by atoms with van der Waals surface area (Å²) in [7, 11) is 0. The Balaban J connectivity index is 1.11. The van der Waals surface area contributed by atoms with Gasteiger partial charge in [-0.1, -0.05) is 48.6 Å². The monoisotopic (exact) mass is 696 g/mol. The molecule has 0 saturated heterocycles. The first-order valence-electron chi connectivity index (χ1n) is 19.1. The first-order valence-corrected chi connectivity index (χ1v) is 19.1. The van der Waals surface area contributed by atoms with E-state index in [0.717, 1.165) is 43.9 Å². The lowest BCUT2D eigenvalue weighted by Gasteiger charge is -2.34. The molecule has 4 aromatic heterocycles. The van der Waals surface area contributed by atoms with Crippen LogP contribution in [0.15, 0.2) is 140 Å². The fraction of sp³-hybridized carbons (Fsp3) is 0.146. The lowest BCUT2D eigenvalue weighted by Crippen LogP contribution is -2.30. The molecule has 258 valence electrons. The van der Waals surface area contributed by atoms with Crippen LogP contribution in [0.4, 0.5) is 11.5 Å². The van der Waals surface area contributed by atoms with Crippen molar-refractivity contribution in [2.75, 3.05) is 11.4 Å². The standard InChI is InChI=1S/C48H36N6/c1-3-19-51-43(5-1)53-41-13-9-31(29-15-21-49-22-16-29)25-37(41)39-27-33-8-12-36-46-34(7-11-35(45(33)46)47(39)53)28-40-38-26-32(30-17-23-50-24-18-30)10-14-42(38)54(48(36)40)44-6-2-4-20-52-44/h1-6,9-10,13-19,21-28,37,41,52H,7-8,11-12,20H2. The van der Waals surface area contributed by atoms with Gasteiger partial charge in [0.25, 0.3) is 0 Å². The van der Waals surface area contributed by atoms with Crippen molar-refractivity contribution in [1.29, 1.82) is 0 Å². The SMILES string of the molecule is C1=CCNC(n2c3ccc(-c4ccncc4)cc3c3cc4c5c(c32)CCc2cc3c(c(c2-5)CC4)N(c2ccccn2)C2C=CC(c4ccncc4)=CC32)=C1. The van der Waals surface area contributed by atoms with Crippen LogP contribution < -0.4 is 10.2 Å². The van der Waals surface area contributed by atoms with Gasteiger partial charge < -0.3 is 10.2 Å². The minimum Gasteiger partial charge on any atom is -0.368 e. The molecule has 3 aliphatic carbocycles. The van der Waals surface area contributed by atoms with Crippen LogP contribution in [0.5, 0.6) is 0 Å². The van der Waals surface area contributed by atoms with Crippen LogP contribution >= 0.6 is 0 Å². The highest BCUT2D eigenvalue weighted by Crippen LogP contribution is 2.57. The Morgan fingerprint density at radius 1 is 0.704 bits per heavy atom. The summed E-state index contributed by atoms with van der Waals surface area (Å²) in [6.45, 7) is 0.818. The zero-order chi connectivity index (χ0) is 35.3. The molecule has 0 amide bonds. The fourth-order valence-corrected chi connectivity index (χ4v) is 10.1. The second-order valence-corrected chi connectivity index (χ2v) is 15.1. The highest BCUT2D eigenvalue weighted by Gasteiger charge is 2.43. The number of hydrogen-bond donors (Lipinski definition) is 1. The second-order valence-electron chi connectivity index (χ2n) is 15.1. The molecule has 6 heterocycles. The predicted molar refractivity (Wildman–Crippen MR) is 219 cm³/mol. The average molecular weight is 697 g/mol. The van der Waals surface area contributed by atoms with Crippen LogP contribution in [0.3, 0.4) is 0 Å². The maximum Gasteiger partial charge on any atom is 0.133 e. The van der Waals surface area contributed by atoms with E-state index in [-0.39, 0.29) is 12.0 Å². The quantitative estimate of drug-likeness (QED) is 0.199. The normalized spacial score (nSPS) is 18.9. The number of aryl methyl sites for hydroxylation is 3. The molecule has 2 aliphatic heterocycles. The van der Waals surface area contributed by atoms with Gasteiger partial charge in [-0.3, -0.25) is 14.5 Å². The summed E-state index contributed by atoms with van der Waals surface area (Å²) in [5.74, 6) is 2.38. The van der Waals surface area contributed by atoms with Crippen LogP contribution in [0.1, 0.15) is 39.3 Å². The maximum atomic E-state index is 4.97. The van der Waals surface area contributed by atoms with Gasteiger partial charge in [-0.2, -0.15) is 0 Å². The van der Waals surface area contributed by atoms with Gasteiger partial charge in [-0.15, -0.1) is 0 Å². The lowest BCUT2D eigenvalue weighted by atomic mass is 9.72. The fourth-order valence-electron chi connectivity index (χ4n) is 10.1. The summed E-state index contributed by atoms with van der Waals surface area (Å²) in [5.41, 5.74) is 19.1. The Morgan fingerprint density at radius 3 is 2.30 bits per heavy atom. The van der Waals surface area contributed by atoms with Crippen molar-refractivity contribution < 1.29 is 0 Å². The third-order valence-electron chi connectivity index (χ3n) is 12.3. The van der Waals surface area contributed by atoms with Gasteiger partial charge in [0.1, 0.15) is 11.6 Å². The third kappa shape index (κ3) is 4.25. The molecule has 54 heavy (non-hydrogen) atoms. The van der Waals surface area contributed by atoms with Crippen LogP contribution in [-0.4, -0.2) is 32.1 Å². The molecule has 0 bridgehead atoms. The second kappa shape index (κ2) is 11.5. The molecule has 5 aliphatic rings. The minimum absolute atomic E-state index is 0.165. The Bertz CT molecular complexity index is 2830. The molecule has 0 spiro atoms. The van der Waals surface area contributed by atoms with Gasteiger partial charge in [0.2, 0.25) is 0 Å². The summed E-state index contributed by atoms with van der Waals surface area (Å²) >= 11 is 0. The van der Waals surface area contributed by atoms with Crippen molar-refractivity contribution in [1.82, 2.24) is 24.8 Å². The van der Waals surface area contributed by atoms with Crippen LogP contribution in [0.25, 0.3) is 55.5 Å². The molecule has 2 atom stereocenters. The number of dihydropyridines is 1. The van der Waals surface area contributed by atoms with Gasteiger partial charge >= 0.3 is 0 Å². The topological polar surface area (TPSA) is 58.9 Å². The average Bonchev–Trinajstić information content (AvgIpc) is 3.75. The molecular formula is C48H36N6. The molecule has 12 rings (SSSR count). The minimum atomic E-state index is 0.165. The van der Waals surface area contributed by atoms with Crippen molar-refractivity contribution in [2.45, 2.75) is 37.6 Å². The molecular weight excluding hydrogens is 661 g/mol. The van der Waals surface area contributed by atoms with E-state index in [1.54, 1.807) is 0 Å². The molecule has 0 fully saturated rings. The lowest BCUT2D eigenvalue weighted by molar-refractivity contribution is 0.739. The number of anilines is 2. The zero-order valence-electron chi connectivity index (χ0n) is 29.7. The van der Waals surface area contributed by atoms with Crippen molar-refractivity contribution in [2.24, 2.45) is 0 Å². The van der Waals surface area contributed by atoms with Gasteiger partial charge in [-0.25, -0.2) is 4.98 Å². The van der Waals surface area contributed by atoms with E-state index in [1.807, 2.05) is 37.1 Å².